The van der Waals surface area contributed by atoms with Crippen LogP contribution in [-0.2, 0) is 11.2 Å². The molecular weight excluding hydrogens is 423 g/mol. The maximum Gasteiger partial charge on any atom is 0.228 e. The Bertz CT molecular complexity index is 955. The van der Waals surface area contributed by atoms with Gasteiger partial charge in [0.05, 0.1) is 5.41 Å². The van der Waals surface area contributed by atoms with Crippen LogP contribution in [0.1, 0.15) is 56.3 Å². The predicted octanol–water partition coefficient (Wildman–Crippen LogP) is 4.52. The Kier molecular flexibility index (Phi) is 5.20. The van der Waals surface area contributed by atoms with Crippen molar-refractivity contribution in [2.24, 2.45) is 23.2 Å². The first-order chi connectivity index (χ1) is 15.6. The van der Waals surface area contributed by atoms with Crippen molar-refractivity contribution in [2.75, 3.05) is 31.1 Å². The van der Waals surface area contributed by atoms with E-state index in [9.17, 15) is 9.18 Å². The fraction of sp³-hybridized carbons (Fsp3) is 0.640. The van der Waals surface area contributed by atoms with Crippen molar-refractivity contribution in [2.45, 2.75) is 51.4 Å². The average Bonchev–Trinajstić information content (AvgIpc) is 3.09. The lowest BCUT2D eigenvalue weighted by atomic mass is 9.49. The van der Waals surface area contributed by atoms with E-state index in [0.29, 0.717) is 12.3 Å². The number of carbonyl (C=O) groups is 1. The number of halogens is 1. The van der Waals surface area contributed by atoms with Gasteiger partial charge in [-0.05, 0) is 80.4 Å². The summed E-state index contributed by atoms with van der Waals surface area (Å²) in [6.45, 7) is 3.38. The van der Waals surface area contributed by atoms with Crippen LogP contribution in [-0.4, -0.2) is 46.3 Å². The zero-order valence-corrected chi connectivity index (χ0v) is 19.3. The van der Waals surface area contributed by atoms with Gasteiger partial charge in [0.1, 0.15) is 11.6 Å². The molecule has 4 aliphatic carbocycles. The van der Waals surface area contributed by atoms with Crippen LogP contribution >= 0.6 is 11.5 Å². The second kappa shape index (κ2) is 8.08. The summed E-state index contributed by atoms with van der Waals surface area (Å²) in [6, 6.07) is 6.53. The number of carbonyl (C=O) groups excluding carboxylic acids is 1. The molecule has 1 saturated heterocycles. The summed E-state index contributed by atoms with van der Waals surface area (Å²) in [5.74, 6) is 3.41. The van der Waals surface area contributed by atoms with E-state index in [1.165, 1.54) is 42.9 Å². The predicted molar refractivity (Wildman–Crippen MR) is 123 cm³/mol. The fourth-order valence-electron chi connectivity index (χ4n) is 7.25. The zero-order valence-electron chi connectivity index (χ0n) is 18.5. The second-order valence-electron chi connectivity index (χ2n) is 10.6. The number of aromatic nitrogens is 2. The molecule has 0 atom stereocenters. The van der Waals surface area contributed by atoms with Crippen molar-refractivity contribution in [3.05, 3.63) is 41.5 Å². The van der Waals surface area contributed by atoms with Gasteiger partial charge in [-0.15, -0.1) is 0 Å². The highest BCUT2D eigenvalue weighted by atomic mass is 32.1. The van der Waals surface area contributed by atoms with Crippen molar-refractivity contribution >= 4 is 22.6 Å². The van der Waals surface area contributed by atoms with Crippen LogP contribution in [0.25, 0.3) is 0 Å². The van der Waals surface area contributed by atoms with Crippen molar-refractivity contribution in [1.82, 2.24) is 14.3 Å². The van der Waals surface area contributed by atoms with Gasteiger partial charge in [-0.25, -0.2) is 9.37 Å². The lowest BCUT2D eigenvalue weighted by Gasteiger charge is -2.56. The van der Waals surface area contributed by atoms with Gasteiger partial charge in [0.15, 0.2) is 0 Å². The quantitative estimate of drug-likeness (QED) is 0.681. The van der Waals surface area contributed by atoms with E-state index in [2.05, 4.69) is 14.2 Å². The number of nitrogens with zero attached hydrogens (tertiary/aromatic N) is 4. The molecule has 0 unspecified atom stereocenters. The SMILES string of the molecule is O=C(N1CCCN(c2nc(Cc3ccc(F)cc3)ns2)CC1)C12CC3CC(CC(C3)C1)C2. The standard InChI is InChI=1S/C25H31FN4OS/c26-21-4-2-17(3-5-21)13-22-27-24(32-28-22)30-7-1-6-29(8-9-30)23(31)25-14-18-10-19(15-25)12-20(11-18)16-25/h2-5,18-20H,1,6-16H2. The highest BCUT2D eigenvalue weighted by molar-refractivity contribution is 7.09. The number of hydrogen-bond donors (Lipinski definition) is 0. The van der Waals surface area contributed by atoms with Gasteiger partial charge in [0.2, 0.25) is 11.0 Å². The van der Waals surface area contributed by atoms with E-state index in [1.54, 1.807) is 12.1 Å². The molecule has 5 fully saturated rings. The molecule has 1 amide bonds. The smallest absolute Gasteiger partial charge is 0.228 e. The Hall–Kier alpha value is -2.02. The molecule has 2 aromatic rings. The van der Waals surface area contributed by atoms with Crippen molar-refractivity contribution in [3.63, 3.8) is 0 Å². The molecule has 1 aliphatic heterocycles. The number of amides is 1. The van der Waals surface area contributed by atoms with E-state index >= 15 is 0 Å². The molecule has 0 N–H and O–H groups in total. The Labute approximate surface area is 193 Å². The van der Waals surface area contributed by atoms with Crippen LogP contribution in [0.5, 0.6) is 0 Å². The molecule has 7 rings (SSSR count). The van der Waals surface area contributed by atoms with Crippen molar-refractivity contribution in [1.29, 1.82) is 0 Å². The molecule has 2 heterocycles. The molecule has 0 spiro atoms. The third-order valence-electron chi connectivity index (χ3n) is 8.28. The average molecular weight is 455 g/mol. The van der Waals surface area contributed by atoms with Crippen LogP contribution in [0.3, 0.4) is 0 Å². The molecular formula is C25H31FN4OS. The Morgan fingerprint density at radius 3 is 2.38 bits per heavy atom. The first kappa shape index (κ1) is 20.6. The monoisotopic (exact) mass is 454 g/mol. The summed E-state index contributed by atoms with van der Waals surface area (Å²) in [7, 11) is 0. The van der Waals surface area contributed by atoms with Gasteiger partial charge in [0.25, 0.3) is 0 Å². The Morgan fingerprint density at radius 2 is 1.69 bits per heavy atom. The van der Waals surface area contributed by atoms with Gasteiger partial charge in [-0.1, -0.05) is 12.1 Å². The molecule has 4 bridgehead atoms. The Morgan fingerprint density at radius 1 is 1.00 bits per heavy atom. The normalized spacial score (nSPS) is 31.7. The summed E-state index contributed by atoms with van der Waals surface area (Å²) in [4.78, 5) is 23.0. The molecule has 7 heteroatoms. The molecule has 5 aliphatic rings. The van der Waals surface area contributed by atoms with Crippen LogP contribution in [0.4, 0.5) is 9.52 Å². The fourth-order valence-corrected chi connectivity index (χ4v) is 7.99. The maximum absolute atomic E-state index is 13.7. The van der Waals surface area contributed by atoms with Gasteiger partial charge < -0.3 is 9.80 Å². The lowest BCUT2D eigenvalue weighted by molar-refractivity contribution is -0.157. The van der Waals surface area contributed by atoms with Crippen LogP contribution < -0.4 is 4.90 Å². The van der Waals surface area contributed by atoms with Crippen LogP contribution in [0.15, 0.2) is 24.3 Å². The molecule has 0 radical (unpaired) electrons. The number of benzene rings is 1. The van der Waals surface area contributed by atoms with E-state index < -0.39 is 0 Å². The minimum absolute atomic E-state index is 0.0466. The van der Waals surface area contributed by atoms with Crippen LogP contribution in [0, 0.1) is 29.0 Å². The zero-order chi connectivity index (χ0) is 21.7. The summed E-state index contributed by atoms with van der Waals surface area (Å²) < 4.78 is 17.7. The van der Waals surface area contributed by atoms with E-state index in [-0.39, 0.29) is 11.2 Å². The van der Waals surface area contributed by atoms with E-state index in [1.807, 2.05) is 0 Å². The molecule has 1 aromatic heterocycles. The number of hydrogen-bond acceptors (Lipinski definition) is 5. The topological polar surface area (TPSA) is 49.3 Å². The molecule has 170 valence electrons. The van der Waals surface area contributed by atoms with Gasteiger partial charge in [-0.3, -0.25) is 4.79 Å². The first-order valence-corrected chi connectivity index (χ1v) is 12.9. The molecule has 4 saturated carbocycles. The number of anilines is 1. The molecule has 1 aromatic carbocycles. The third kappa shape index (κ3) is 3.82. The minimum atomic E-state index is -0.224. The van der Waals surface area contributed by atoms with Crippen molar-refractivity contribution < 1.29 is 9.18 Å². The minimum Gasteiger partial charge on any atom is -0.345 e. The lowest BCUT2D eigenvalue weighted by Crippen LogP contribution is -2.55. The van der Waals surface area contributed by atoms with E-state index in [4.69, 9.17) is 4.98 Å². The summed E-state index contributed by atoms with van der Waals surface area (Å²) in [6.07, 6.45) is 9.13. The highest BCUT2D eigenvalue weighted by Gasteiger charge is 2.55. The second-order valence-corrected chi connectivity index (χ2v) is 11.4. The van der Waals surface area contributed by atoms with Gasteiger partial charge in [0, 0.05) is 44.1 Å². The number of rotatable bonds is 4. The summed E-state index contributed by atoms with van der Waals surface area (Å²) in [5.41, 5.74) is 0.966. The first-order valence-electron chi connectivity index (χ1n) is 12.2. The Balaban J connectivity index is 1.10. The maximum atomic E-state index is 13.7. The van der Waals surface area contributed by atoms with Crippen molar-refractivity contribution in [3.8, 4) is 0 Å². The van der Waals surface area contributed by atoms with E-state index in [0.717, 1.165) is 86.1 Å². The third-order valence-corrected chi connectivity index (χ3v) is 9.09. The summed E-state index contributed by atoms with van der Waals surface area (Å²) >= 11 is 1.43. The highest BCUT2D eigenvalue weighted by Crippen LogP contribution is 2.60. The van der Waals surface area contributed by atoms with Gasteiger partial charge >= 0.3 is 0 Å². The molecule has 5 nitrogen and oxygen atoms in total. The van der Waals surface area contributed by atoms with Crippen LogP contribution in [0.2, 0.25) is 0 Å². The largest absolute Gasteiger partial charge is 0.345 e. The summed E-state index contributed by atoms with van der Waals surface area (Å²) in [5, 5.41) is 0.936. The van der Waals surface area contributed by atoms with Gasteiger partial charge in [-0.2, -0.15) is 4.37 Å². The molecule has 32 heavy (non-hydrogen) atoms.